The minimum atomic E-state index is -5.22. The van der Waals surface area contributed by atoms with E-state index in [1.807, 2.05) is 0 Å². The summed E-state index contributed by atoms with van der Waals surface area (Å²) < 4.78 is 30.5. The standard InChI is InChI=1S/C2H8O8P2.2Na/c1-2-8-11(4,5)10-12(6,7)9-3;;/h3H,2H2,1H3,(H,4,5)(H,6,7);;/q;2*+1/p-2. The number of hydrogen-bond donors (Lipinski definition) is 1. The van der Waals surface area contributed by atoms with Crippen LogP contribution in [0.3, 0.4) is 0 Å². The minimum absolute atomic E-state index is 0. The van der Waals surface area contributed by atoms with E-state index in [9.17, 15) is 18.9 Å². The van der Waals surface area contributed by atoms with E-state index < -0.39 is 15.6 Å². The molecule has 0 aromatic carbocycles. The number of hydrogen-bond acceptors (Lipinski definition) is 8. The normalized spacial score (nSPS) is 18.3. The van der Waals surface area contributed by atoms with Crippen LogP contribution in [0.15, 0.2) is 0 Å². The van der Waals surface area contributed by atoms with Crippen LogP contribution in [0.25, 0.3) is 0 Å². The molecular formula is C2H6Na2O8P2. The van der Waals surface area contributed by atoms with E-state index >= 15 is 0 Å². The molecule has 0 spiro atoms. The van der Waals surface area contributed by atoms with Crippen LogP contribution >= 0.6 is 15.6 Å². The van der Waals surface area contributed by atoms with Crippen LogP contribution in [0.5, 0.6) is 0 Å². The molecule has 0 aliphatic heterocycles. The molecule has 1 N–H and O–H groups in total. The van der Waals surface area contributed by atoms with Crippen LogP contribution in [0.2, 0.25) is 0 Å². The maximum Gasteiger partial charge on any atom is 1.00 e. The topological polar surface area (TPSA) is 128 Å². The first-order valence-corrected chi connectivity index (χ1v) is 5.56. The SMILES string of the molecule is CCOP(=O)([O-])OP(=O)([O-])OO.[Na+].[Na+]. The monoisotopic (exact) mass is 266 g/mol. The Morgan fingerprint density at radius 2 is 1.64 bits per heavy atom. The first-order chi connectivity index (χ1) is 5.33. The van der Waals surface area contributed by atoms with Crippen LogP contribution in [0.1, 0.15) is 6.92 Å². The van der Waals surface area contributed by atoms with E-state index in [-0.39, 0.29) is 65.7 Å². The van der Waals surface area contributed by atoms with Gasteiger partial charge in [0.1, 0.15) is 0 Å². The minimum Gasteiger partial charge on any atom is -0.756 e. The van der Waals surface area contributed by atoms with Gasteiger partial charge in [0, 0.05) is 0 Å². The molecule has 2 unspecified atom stereocenters. The van der Waals surface area contributed by atoms with Gasteiger partial charge in [-0.25, -0.2) is 9.57 Å². The maximum atomic E-state index is 10.4. The molecule has 12 heteroatoms. The first-order valence-electron chi connectivity index (χ1n) is 2.64. The van der Waals surface area contributed by atoms with Crippen LogP contribution in [0, 0.1) is 0 Å². The Bertz CT molecular complexity index is 231. The molecular weight excluding hydrogens is 260 g/mol. The third kappa shape index (κ3) is 10.7. The average Bonchev–Trinajstić information content (AvgIpc) is 1.85. The third-order valence-electron chi connectivity index (χ3n) is 0.587. The molecule has 0 fully saturated rings. The molecule has 2 atom stereocenters. The molecule has 0 amide bonds. The Balaban J connectivity index is -0.000000605. The molecule has 8 nitrogen and oxygen atoms in total. The maximum absolute atomic E-state index is 10.4. The predicted octanol–water partition coefficient (Wildman–Crippen LogP) is -6.53. The van der Waals surface area contributed by atoms with Gasteiger partial charge >= 0.3 is 66.9 Å². The van der Waals surface area contributed by atoms with E-state index in [0.717, 1.165) is 0 Å². The fraction of sp³-hybridized carbons (Fsp3) is 1.00. The quantitative estimate of drug-likeness (QED) is 0.225. The van der Waals surface area contributed by atoms with Crippen LogP contribution in [0.4, 0.5) is 0 Å². The fourth-order valence-electron chi connectivity index (χ4n) is 0.319. The van der Waals surface area contributed by atoms with Gasteiger partial charge in [-0.05, 0) is 6.92 Å². The van der Waals surface area contributed by atoms with Crippen molar-refractivity contribution in [2.45, 2.75) is 6.92 Å². The summed E-state index contributed by atoms with van der Waals surface area (Å²) in [5, 5.41) is 7.61. The van der Waals surface area contributed by atoms with Gasteiger partial charge in [0.15, 0.2) is 0 Å². The molecule has 0 radical (unpaired) electrons. The molecule has 0 saturated carbocycles. The zero-order chi connectivity index (χ0) is 9.83. The van der Waals surface area contributed by atoms with Gasteiger partial charge in [0.2, 0.25) is 0 Å². The van der Waals surface area contributed by atoms with Crippen LogP contribution in [-0.4, -0.2) is 11.9 Å². The summed E-state index contributed by atoms with van der Waals surface area (Å²) in [6, 6.07) is 0. The Hall–Kier alpha value is 2.22. The summed E-state index contributed by atoms with van der Waals surface area (Å²) in [5.41, 5.74) is 0. The molecule has 14 heavy (non-hydrogen) atoms. The summed E-state index contributed by atoms with van der Waals surface area (Å²) in [4.78, 5) is 20.6. The molecule has 0 rings (SSSR count). The molecule has 74 valence electrons. The van der Waals surface area contributed by atoms with E-state index in [2.05, 4.69) is 13.5 Å². The predicted molar refractivity (Wildman–Crippen MR) is 31.6 cm³/mol. The van der Waals surface area contributed by atoms with Gasteiger partial charge in [-0.15, -0.1) is 0 Å². The Labute approximate surface area is 125 Å². The smallest absolute Gasteiger partial charge is 0.756 e. The summed E-state index contributed by atoms with van der Waals surface area (Å²) in [6.07, 6.45) is 0. The second kappa shape index (κ2) is 9.27. The van der Waals surface area contributed by atoms with Crippen molar-refractivity contribution >= 4 is 15.6 Å². The van der Waals surface area contributed by atoms with Crippen molar-refractivity contribution in [1.82, 2.24) is 0 Å². The van der Waals surface area contributed by atoms with Crippen molar-refractivity contribution in [2.75, 3.05) is 6.61 Å². The van der Waals surface area contributed by atoms with Gasteiger partial charge < -0.3 is 14.3 Å². The van der Waals surface area contributed by atoms with E-state index in [1.165, 1.54) is 6.92 Å². The summed E-state index contributed by atoms with van der Waals surface area (Å²) >= 11 is 0. The van der Waals surface area contributed by atoms with Crippen molar-refractivity contribution in [2.24, 2.45) is 0 Å². The number of phosphoric ester groups is 1. The number of phosphoric acid groups is 2. The summed E-state index contributed by atoms with van der Waals surface area (Å²) in [5.74, 6) is 0. The van der Waals surface area contributed by atoms with Crippen molar-refractivity contribution in [3.8, 4) is 0 Å². The molecule has 0 heterocycles. The van der Waals surface area contributed by atoms with Crippen molar-refractivity contribution in [3.63, 3.8) is 0 Å². The summed E-state index contributed by atoms with van der Waals surface area (Å²) in [6.45, 7) is 1.02. The van der Waals surface area contributed by atoms with Crippen molar-refractivity contribution in [3.05, 3.63) is 0 Å². The van der Waals surface area contributed by atoms with E-state index in [1.54, 1.807) is 0 Å². The van der Waals surface area contributed by atoms with Gasteiger partial charge in [-0.2, -0.15) is 4.67 Å². The van der Waals surface area contributed by atoms with E-state index in [0.29, 0.717) is 0 Å². The van der Waals surface area contributed by atoms with Crippen LogP contribution in [-0.2, 0) is 22.6 Å². The van der Waals surface area contributed by atoms with Gasteiger partial charge in [-0.3, -0.25) is 9.13 Å². The fourth-order valence-corrected chi connectivity index (χ4v) is 1.92. The second-order valence-electron chi connectivity index (χ2n) is 1.48. The van der Waals surface area contributed by atoms with Gasteiger partial charge in [0.05, 0.1) is 6.61 Å². The van der Waals surface area contributed by atoms with Crippen molar-refractivity contribution in [1.29, 1.82) is 0 Å². The molecule has 0 aliphatic rings. The zero-order valence-electron chi connectivity index (χ0n) is 7.91. The average molecular weight is 266 g/mol. The molecule has 0 saturated heterocycles. The van der Waals surface area contributed by atoms with Crippen molar-refractivity contribution < 1.29 is 96.8 Å². The van der Waals surface area contributed by atoms with E-state index in [4.69, 9.17) is 5.26 Å². The molecule has 0 aromatic heterocycles. The van der Waals surface area contributed by atoms with Gasteiger partial charge in [-0.1, -0.05) is 0 Å². The number of rotatable bonds is 5. The third-order valence-corrected chi connectivity index (χ3v) is 2.96. The largest absolute Gasteiger partial charge is 1.00 e. The molecule has 0 aliphatic carbocycles. The first kappa shape index (κ1) is 21.5. The van der Waals surface area contributed by atoms with Crippen LogP contribution < -0.4 is 68.9 Å². The zero-order valence-corrected chi connectivity index (χ0v) is 13.7. The Morgan fingerprint density at radius 3 is 1.93 bits per heavy atom. The Morgan fingerprint density at radius 1 is 1.21 bits per heavy atom. The molecule has 0 bridgehead atoms. The molecule has 0 aromatic rings. The second-order valence-corrected chi connectivity index (χ2v) is 4.34. The van der Waals surface area contributed by atoms with Gasteiger partial charge in [0.25, 0.3) is 7.82 Å². The Kier molecular flexibility index (Phi) is 14.2. The summed E-state index contributed by atoms with van der Waals surface area (Å²) in [7, 11) is -10.2.